The molecule has 2 rings (SSSR count). The average molecular weight is 241 g/mol. The molecule has 0 radical (unpaired) electrons. The summed E-state index contributed by atoms with van der Waals surface area (Å²) in [5.74, 6) is 0. The van der Waals surface area contributed by atoms with E-state index in [9.17, 15) is 0 Å². The number of halogens is 2. The van der Waals surface area contributed by atoms with Crippen molar-refractivity contribution < 1.29 is 0 Å². The van der Waals surface area contributed by atoms with Gasteiger partial charge in [0.15, 0.2) is 0 Å². The predicted molar refractivity (Wildman–Crippen MR) is 64.6 cm³/mol. The summed E-state index contributed by atoms with van der Waals surface area (Å²) >= 11 is 11.9. The molecular weight excluding hydrogens is 231 g/mol. The molecule has 1 aromatic carbocycles. The maximum absolute atomic E-state index is 6.01. The minimum absolute atomic E-state index is 0.672. The van der Waals surface area contributed by atoms with Crippen LogP contribution in [0.3, 0.4) is 0 Å². The number of aromatic nitrogens is 1. The Morgan fingerprint density at radius 3 is 2.80 bits per heavy atom. The molecule has 2 aromatic rings. The molecule has 2 N–H and O–H groups in total. The van der Waals surface area contributed by atoms with E-state index in [-0.39, 0.29) is 0 Å². The number of benzene rings is 1. The highest BCUT2D eigenvalue weighted by Crippen LogP contribution is 2.25. The first-order chi connectivity index (χ1) is 7.25. The average Bonchev–Trinajstić information content (AvgIpc) is 2.72. The van der Waals surface area contributed by atoms with Crippen LogP contribution in [0.2, 0.25) is 10.0 Å². The molecule has 78 valence electrons. The first kappa shape index (κ1) is 10.4. The molecule has 4 heteroatoms. The van der Waals surface area contributed by atoms with Crippen molar-refractivity contribution in [1.82, 2.24) is 4.98 Å². The van der Waals surface area contributed by atoms with Crippen LogP contribution in [0.15, 0.2) is 36.5 Å². The van der Waals surface area contributed by atoms with Crippen LogP contribution in [0.25, 0.3) is 0 Å². The third-order valence-electron chi connectivity index (χ3n) is 2.06. The highest BCUT2D eigenvalue weighted by atomic mass is 35.5. The molecule has 0 saturated heterocycles. The van der Waals surface area contributed by atoms with Crippen LogP contribution in [0.4, 0.5) is 5.69 Å². The van der Waals surface area contributed by atoms with Gasteiger partial charge in [-0.1, -0.05) is 23.2 Å². The van der Waals surface area contributed by atoms with Gasteiger partial charge < -0.3 is 10.3 Å². The number of H-pyrrole nitrogens is 1. The Kier molecular flexibility index (Phi) is 3.19. The Labute approximate surface area is 98.2 Å². The quantitative estimate of drug-likeness (QED) is 0.836. The highest BCUT2D eigenvalue weighted by Gasteiger charge is 2.00. The van der Waals surface area contributed by atoms with Crippen molar-refractivity contribution in [2.24, 2.45) is 0 Å². The molecular formula is C11H10Cl2N2. The molecule has 0 fully saturated rings. The van der Waals surface area contributed by atoms with E-state index >= 15 is 0 Å². The van der Waals surface area contributed by atoms with Crippen molar-refractivity contribution >= 4 is 28.9 Å². The summed E-state index contributed by atoms with van der Waals surface area (Å²) in [6.45, 7) is 0.701. The number of hydrogen-bond acceptors (Lipinski definition) is 1. The molecule has 0 saturated carbocycles. The lowest BCUT2D eigenvalue weighted by Crippen LogP contribution is -1.99. The van der Waals surface area contributed by atoms with Crippen LogP contribution in [0.5, 0.6) is 0 Å². The van der Waals surface area contributed by atoms with Gasteiger partial charge in [-0.05, 0) is 30.3 Å². The fourth-order valence-electron chi connectivity index (χ4n) is 1.30. The van der Waals surface area contributed by atoms with Crippen LogP contribution in [0, 0.1) is 0 Å². The van der Waals surface area contributed by atoms with Crippen LogP contribution < -0.4 is 5.32 Å². The van der Waals surface area contributed by atoms with Gasteiger partial charge in [0.25, 0.3) is 0 Å². The maximum atomic E-state index is 6.01. The van der Waals surface area contributed by atoms with Crippen molar-refractivity contribution in [3.05, 3.63) is 52.3 Å². The topological polar surface area (TPSA) is 27.8 Å². The smallest absolute Gasteiger partial charge is 0.0638 e. The van der Waals surface area contributed by atoms with E-state index in [1.807, 2.05) is 24.4 Å². The minimum Gasteiger partial charge on any atom is -0.378 e. The Balaban J connectivity index is 2.07. The van der Waals surface area contributed by atoms with Crippen molar-refractivity contribution in [2.45, 2.75) is 6.54 Å². The molecule has 15 heavy (non-hydrogen) atoms. The van der Waals surface area contributed by atoms with Crippen molar-refractivity contribution in [3.8, 4) is 0 Å². The summed E-state index contributed by atoms with van der Waals surface area (Å²) in [6, 6.07) is 9.32. The molecule has 1 heterocycles. The molecule has 0 aliphatic carbocycles. The van der Waals surface area contributed by atoms with Gasteiger partial charge in [0.05, 0.1) is 17.3 Å². The van der Waals surface area contributed by atoms with E-state index in [1.54, 1.807) is 12.1 Å². The van der Waals surface area contributed by atoms with E-state index in [0.717, 1.165) is 11.4 Å². The Morgan fingerprint density at radius 2 is 2.07 bits per heavy atom. The summed E-state index contributed by atoms with van der Waals surface area (Å²) in [5.41, 5.74) is 1.95. The maximum Gasteiger partial charge on any atom is 0.0638 e. The number of anilines is 1. The van der Waals surface area contributed by atoms with Crippen LogP contribution in [0.1, 0.15) is 5.69 Å². The first-order valence-electron chi connectivity index (χ1n) is 4.57. The molecule has 0 spiro atoms. The van der Waals surface area contributed by atoms with Crippen LogP contribution in [-0.2, 0) is 6.54 Å². The summed E-state index contributed by atoms with van der Waals surface area (Å²) in [7, 11) is 0. The fourth-order valence-corrected chi connectivity index (χ4v) is 1.66. The third-order valence-corrected chi connectivity index (χ3v) is 2.62. The van der Waals surface area contributed by atoms with E-state index in [2.05, 4.69) is 10.3 Å². The highest BCUT2D eigenvalue weighted by molar-refractivity contribution is 6.35. The number of nitrogens with one attached hydrogen (secondary N) is 2. The van der Waals surface area contributed by atoms with Gasteiger partial charge in [0.2, 0.25) is 0 Å². The van der Waals surface area contributed by atoms with Gasteiger partial charge in [-0.3, -0.25) is 0 Å². The standard InChI is InChI=1S/C11H10Cl2N2/c12-8-3-4-10(13)11(6-8)15-7-9-2-1-5-14-9/h1-6,14-15H,7H2. The lowest BCUT2D eigenvalue weighted by molar-refractivity contribution is 1.07. The number of hydrogen-bond donors (Lipinski definition) is 2. The SMILES string of the molecule is Clc1ccc(Cl)c(NCc2ccc[nH]2)c1. The Bertz CT molecular complexity index is 438. The number of aromatic amines is 1. The molecule has 0 aliphatic heterocycles. The zero-order valence-corrected chi connectivity index (χ0v) is 9.44. The zero-order valence-electron chi connectivity index (χ0n) is 7.93. The van der Waals surface area contributed by atoms with Gasteiger partial charge in [0, 0.05) is 16.9 Å². The molecule has 0 amide bonds. The second kappa shape index (κ2) is 4.60. The fraction of sp³-hybridized carbons (Fsp3) is 0.0909. The molecule has 2 nitrogen and oxygen atoms in total. The van der Waals surface area contributed by atoms with Gasteiger partial charge in [-0.2, -0.15) is 0 Å². The van der Waals surface area contributed by atoms with Crippen LogP contribution >= 0.6 is 23.2 Å². The lowest BCUT2D eigenvalue weighted by Gasteiger charge is -2.07. The molecule has 0 bridgehead atoms. The van der Waals surface area contributed by atoms with Gasteiger partial charge in [-0.25, -0.2) is 0 Å². The predicted octanol–water partition coefficient (Wildman–Crippen LogP) is 3.93. The van der Waals surface area contributed by atoms with Gasteiger partial charge in [0.1, 0.15) is 0 Å². The Morgan fingerprint density at radius 1 is 1.20 bits per heavy atom. The summed E-state index contributed by atoms with van der Waals surface area (Å²) in [5, 5.41) is 4.56. The monoisotopic (exact) mass is 240 g/mol. The molecule has 0 aliphatic rings. The number of rotatable bonds is 3. The first-order valence-corrected chi connectivity index (χ1v) is 5.32. The zero-order chi connectivity index (χ0) is 10.7. The van der Waals surface area contributed by atoms with Crippen LogP contribution in [-0.4, -0.2) is 4.98 Å². The third kappa shape index (κ3) is 2.67. The minimum atomic E-state index is 0.672. The second-order valence-corrected chi connectivity index (χ2v) is 4.02. The summed E-state index contributed by atoms with van der Waals surface area (Å²) in [6.07, 6.45) is 1.89. The largest absolute Gasteiger partial charge is 0.378 e. The van der Waals surface area contributed by atoms with Crippen molar-refractivity contribution in [2.75, 3.05) is 5.32 Å². The summed E-state index contributed by atoms with van der Waals surface area (Å²) in [4.78, 5) is 3.10. The summed E-state index contributed by atoms with van der Waals surface area (Å²) < 4.78 is 0. The van der Waals surface area contributed by atoms with E-state index in [4.69, 9.17) is 23.2 Å². The Hall–Kier alpha value is -1.12. The molecule has 0 atom stereocenters. The van der Waals surface area contributed by atoms with Gasteiger partial charge in [-0.15, -0.1) is 0 Å². The molecule has 1 aromatic heterocycles. The van der Waals surface area contributed by atoms with Crippen molar-refractivity contribution in [3.63, 3.8) is 0 Å². The van der Waals surface area contributed by atoms with E-state index < -0.39 is 0 Å². The molecule has 0 unspecified atom stereocenters. The van der Waals surface area contributed by atoms with E-state index in [1.165, 1.54) is 0 Å². The normalized spacial score (nSPS) is 10.3. The lowest BCUT2D eigenvalue weighted by atomic mass is 10.3. The van der Waals surface area contributed by atoms with E-state index in [0.29, 0.717) is 16.6 Å². The van der Waals surface area contributed by atoms with Gasteiger partial charge >= 0.3 is 0 Å². The van der Waals surface area contributed by atoms with Crippen molar-refractivity contribution in [1.29, 1.82) is 0 Å². The second-order valence-electron chi connectivity index (χ2n) is 3.17.